The molecule has 0 saturated carbocycles. The fraction of sp³-hybridized carbons (Fsp3) is 0.538. The minimum absolute atomic E-state index is 0.331. The number of rotatable bonds is 2. The van der Waals surface area contributed by atoms with E-state index in [2.05, 4.69) is 14.4 Å². The van der Waals surface area contributed by atoms with Gasteiger partial charge in [0.25, 0.3) is 0 Å². The second-order valence-corrected chi connectivity index (χ2v) is 7.32. The quantitative estimate of drug-likeness (QED) is 0.834. The standard InChI is InChI=1S/C13H18N4O2S/c1-10-15-8-12-7-14-9-13(17(10)12)11-3-5-16(6-4-11)20(2,18)19/h7-9,11H,3-6H2,1-2H3. The Morgan fingerprint density at radius 2 is 1.90 bits per heavy atom. The molecule has 7 heteroatoms. The summed E-state index contributed by atoms with van der Waals surface area (Å²) in [6.45, 7) is 3.13. The minimum atomic E-state index is -3.07. The highest BCUT2D eigenvalue weighted by Crippen LogP contribution is 2.29. The Labute approximate surface area is 118 Å². The number of hydrogen-bond donors (Lipinski definition) is 0. The molecule has 108 valence electrons. The Bertz CT molecular complexity index is 730. The molecule has 0 unspecified atom stereocenters. The first-order chi connectivity index (χ1) is 9.47. The molecule has 2 aromatic rings. The zero-order chi connectivity index (χ0) is 14.3. The van der Waals surface area contributed by atoms with Gasteiger partial charge >= 0.3 is 0 Å². The summed E-state index contributed by atoms with van der Waals surface area (Å²) in [4.78, 5) is 8.60. The number of aryl methyl sites for hydroxylation is 1. The average Bonchev–Trinajstić information content (AvgIpc) is 2.80. The van der Waals surface area contributed by atoms with Crippen LogP contribution >= 0.6 is 0 Å². The summed E-state index contributed by atoms with van der Waals surface area (Å²) in [6.07, 6.45) is 8.42. The number of nitrogens with zero attached hydrogens (tertiary/aromatic N) is 4. The molecule has 1 aliphatic rings. The normalized spacial score (nSPS) is 18.7. The first kappa shape index (κ1) is 13.5. The van der Waals surface area contributed by atoms with Crippen molar-refractivity contribution >= 4 is 15.5 Å². The van der Waals surface area contributed by atoms with Gasteiger partial charge in [0.05, 0.1) is 24.2 Å². The van der Waals surface area contributed by atoms with Gasteiger partial charge in [0.1, 0.15) is 5.82 Å². The maximum Gasteiger partial charge on any atom is 0.211 e. The Hall–Kier alpha value is -1.47. The monoisotopic (exact) mass is 294 g/mol. The molecule has 2 aromatic heterocycles. The first-order valence-corrected chi connectivity index (χ1v) is 8.55. The third kappa shape index (κ3) is 2.31. The van der Waals surface area contributed by atoms with Crippen LogP contribution in [0.3, 0.4) is 0 Å². The van der Waals surface area contributed by atoms with Crippen LogP contribution in [0.2, 0.25) is 0 Å². The zero-order valence-corrected chi connectivity index (χ0v) is 12.5. The van der Waals surface area contributed by atoms with Crippen molar-refractivity contribution in [2.24, 2.45) is 0 Å². The Morgan fingerprint density at radius 1 is 1.20 bits per heavy atom. The van der Waals surface area contributed by atoms with E-state index >= 15 is 0 Å². The van der Waals surface area contributed by atoms with Gasteiger partial charge in [-0.1, -0.05) is 0 Å². The molecule has 3 heterocycles. The van der Waals surface area contributed by atoms with Crippen molar-refractivity contribution in [3.8, 4) is 0 Å². The lowest BCUT2D eigenvalue weighted by atomic mass is 9.94. The third-order valence-electron chi connectivity index (χ3n) is 3.98. The maximum atomic E-state index is 11.6. The highest BCUT2D eigenvalue weighted by Gasteiger charge is 2.27. The second kappa shape index (κ2) is 4.82. The van der Waals surface area contributed by atoms with Crippen LogP contribution in [-0.4, -0.2) is 46.4 Å². The minimum Gasteiger partial charge on any atom is -0.298 e. The fourth-order valence-corrected chi connectivity index (χ4v) is 3.78. The van der Waals surface area contributed by atoms with E-state index in [1.807, 2.05) is 19.3 Å². The van der Waals surface area contributed by atoms with Gasteiger partial charge in [-0.25, -0.2) is 17.7 Å². The topological polar surface area (TPSA) is 67.6 Å². The van der Waals surface area contributed by atoms with Crippen LogP contribution in [0.15, 0.2) is 18.6 Å². The molecule has 0 radical (unpaired) electrons. The van der Waals surface area contributed by atoms with Crippen LogP contribution < -0.4 is 0 Å². The fourth-order valence-electron chi connectivity index (χ4n) is 2.91. The number of aromatic nitrogens is 3. The van der Waals surface area contributed by atoms with Crippen molar-refractivity contribution in [3.05, 3.63) is 30.1 Å². The molecular formula is C13H18N4O2S. The molecule has 1 fully saturated rings. The van der Waals surface area contributed by atoms with Crippen LogP contribution in [0.25, 0.3) is 5.52 Å². The molecule has 0 bridgehead atoms. The van der Waals surface area contributed by atoms with Gasteiger partial charge in [-0.15, -0.1) is 0 Å². The molecule has 0 amide bonds. The van der Waals surface area contributed by atoms with E-state index in [0.717, 1.165) is 29.9 Å². The number of sulfonamides is 1. The van der Waals surface area contributed by atoms with Gasteiger partial charge in [-0.05, 0) is 19.8 Å². The number of hydrogen-bond acceptors (Lipinski definition) is 4. The lowest BCUT2D eigenvalue weighted by Gasteiger charge is -2.30. The molecular weight excluding hydrogens is 276 g/mol. The highest BCUT2D eigenvalue weighted by atomic mass is 32.2. The number of fused-ring (bicyclic) bond motifs is 1. The summed E-state index contributed by atoms with van der Waals surface area (Å²) in [5.41, 5.74) is 2.12. The van der Waals surface area contributed by atoms with Crippen LogP contribution in [0.5, 0.6) is 0 Å². The number of imidazole rings is 1. The Balaban J connectivity index is 1.89. The largest absolute Gasteiger partial charge is 0.298 e. The van der Waals surface area contributed by atoms with Crippen LogP contribution in [0, 0.1) is 6.92 Å². The van der Waals surface area contributed by atoms with Crippen molar-refractivity contribution in [2.45, 2.75) is 25.7 Å². The first-order valence-electron chi connectivity index (χ1n) is 6.70. The zero-order valence-electron chi connectivity index (χ0n) is 11.7. The molecule has 3 rings (SSSR count). The third-order valence-corrected chi connectivity index (χ3v) is 5.28. The predicted octanol–water partition coefficient (Wildman–Crippen LogP) is 1.18. The summed E-state index contributed by atoms with van der Waals surface area (Å²) >= 11 is 0. The van der Waals surface area contributed by atoms with Crippen LogP contribution in [-0.2, 0) is 10.0 Å². The summed E-state index contributed by atoms with van der Waals surface area (Å²) in [7, 11) is -3.07. The van der Waals surface area contributed by atoms with Gasteiger partial charge in [0.2, 0.25) is 10.0 Å². The lowest BCUT2D eigenvalue weighted by Crippen LogP contribution is -2.37. The average molecular weight is 294 g/mol. The van der Waals surface area contributed by atoms with Gasteiger partial charge in [0.15, 0.2) is 0 Å². The van der Waals surface area contributed by atoms with E-state index in [0.29, 0.717) is 19.0 Å². The van der Waals surface area contributed by atoms with Crippen molar-refractivity contribution in [2.75, 3.05) is 19.3 Å². The van der Waals surface area contributed by atoms with Crippen LogP contribution in [0.1, 0.15) is 30.3 Å². The van der Waals surface area contributed by atoms with Crippen molar-refractivity contribution in [1.29, 1.82) is 0 Å². The molecule has 0 aliphatic carbocycles. The highest BCUT2D eigenvalue weighted by molar-refractivity contribution is 7.88. The molecule has 0 aromatic carbocycles. The van der Waals surface area contributed by atoms with E-state index in [1.165, 1.54) is 6.26 Å². The van der Waals surface area contributed by atoms with Crippen molar-refractivity contribution in [3.63, 3.8) is 0 Å². The SMILES string of the molecule is Cc1ncc2cncc(C3CCN(S(C)(=O)=O)CC3)n12. The van der Waals surface area contributed by atoms with Crippen molar-refractivity contribution in [1.82, 2.24) is 18.7 Å². The molecule has 20 heavy (non-hydrogen) atoms. The summed E-state index contributed by atoms with van der Waals surface area (Å²) < 4.78 is 26.8. The van der Waals surface area contributed by atoms with E-state index in [-0.39, 0.29) is 0 Å². The van der Waals surface area contributed by atoms with Gasteiger partial charge in [-0.3, -0.25) is 9.38 Å². The van der Waals surface area contributed by atoms with Gasteiger partial charge in [0, 0.05) is 30.9 Å². The van der Waals surface area contributed by atoms with E-state index in [9.17, 15) is 8.42 Å². The van der Waals surface area contributed by atoms with Crippen molar-refractivity contribution < 1.29 is 8.42 Å². The lowest BCUT2D eigenvalue weighted by molar-refractivity contribution is 0.317. The van der Waals surface area contributed by atoms with E-state index in [4.69, 9.17) is 0 Å². The van der Waals surface area contributed by atoms with E-state index < -0.39 is 10.0 Å². The summed E-state index contributed by atoms with van der Waals surface area (Å²) in [5.74, 6) is 1.28. The summed E-state index contributed by atoms with van der Waals surface area (Å²) in [6, 6.07) is 0. The molecule has 0 spiro atoms. The Morgan fingerprint density at radius 3 is 2.55 bits per heavy atom. The van der Waals surface area contributed by atoms with E-state index in [1.54, 1.807) is 10.5 Å². The molecule has 6 nitrogen and oxygen atoms in total. The van der Waals surface area contributed by atoms with Gasteiger partial charge in [-0.2, -0.15) is 0 Å². The molecule has 1 aliphatic heterocycles. The Kier molecular flexibility index (Phi) is 3.25. The predicted molar refractivity (Wildman–Crippen MR) is 76.1 cm³/mol. The van der Waals surface area contributed by atoms with Crippen LogP contribution in [0.4, 0.5) is 0 Å². The maximum absolute atomic E-state index is 11.6. The molecule has 1 saturated heterocycles. The second-order valence-electron chi connectivity index (χ2n) is 5.33. The smallest absolute Gasteiger partial charge is 0.211 e. The number of piperidine rings is 1. The van der Waals surface area contributed by atoms with Gasteiger partial charge < -0.3 is 0 Å². The molecule has 0 N–H and O–H groups in total. The summed E-state index contributed by atoms with van der Waals surface area (Å²) in [5, 5.41) is 0. The molecule has 0 atom stereocenters.